The maximum Gasteiger partial charge on any atom is 0.161 e. The maximum atomic E-state index is 11.1. The molecular weight excluding hydrogens is 232 g/mol. The topological polar surface area (TPSA) is 66.9 Å². The van der Waals surface area contributed by atoms with Crippen LogP contribution >= 0.6 is 15.9 Å². The van der Waals surface area contributed by atoms with Crippen LogP contribution in [0.1, 0.15) is 22.8 Å². The second-order valence-corrected chi connectivity index (χ2v) is 3.39. The molecule has 0 aliphatic rings. The standard InChI is InChI=1S/C9H7BrN2O/c1-5(13)8-3-7(12)2-6(4-11)9(8)10/h2-3H,12H2,1H3. The minimum absolute atomic E-state index is 0.115. The van der Waals surface area contributed by atoms with Crippen LogP contribution in [0.3, 0.4) is 0 Å². The molecule has 1 aromatic carbocycles. The first-order valence-electron chi connectivity index (χ1n) is 3.56. The third-order valence-electron chi connectivity index (χ3n) is 1.59. The predicted molar refractivity (Wildman–Crippen MR) is 53.3 cm³/mol. The van der Waals surface area contributed by atoms with Crippen molar-refractivity contribution in [3.8, 4) is 6.07 Å². The number of rotatable bonds is 1. The number of nitrogens with two attached hydrogens (primary N) is 1. The fourth-order valence-electron chi connectivity index (χ4n) is 0.984. The molecule has 0 radical (unpaired) electrons. The van der Waals surface area contributed by atoms with E-state index in [1.165, 1.54) is 13.0 Å². The van der Waals surface area contributed by atoms with Gasteiger partial charge < -0.3 is 5.73 Å². The van der Waals surface area contributed by atoms with Gasteiger partial charge in [0.05, 0.1) is 5.56 Å². The van der Waals surface area contributed by atoms with Crippen LogP contribution < -0.4 is 5.73 Å². The minimum atomic E-state index is -0.115. The first kappa shape index (κ1) is 9.75. The Morgan fingerprint density at radius 2 is 2.23 bits per heavy atom. The number of carbonyl (C=O) groups excluding carboxylic acids is 1. The summed E-state index contributed by atoms with van der Waals surface area (Å²) in [6, 6.07) is 5.03. The van der Waals surface area contributed by atoms with Crippen LogP contribution in [0, 0.1) is 11.3 Å². The largest absolute Gasteiger partial charge is 0.399 e. The lowest BCUT2D eigenvalue weighted by Crippen LogP contribution is -1.98. The van der Waals surface area contributed by atoms with Crippen molar-refractivity contribution in [2.75, 3.05) is 5.73 Å². The van der Waals surface area contributed by atoms with E-state index in [-0.39, 0.29) is 5.78 Å². The van der Waals surface area contributed by atoms with E-state index in [0.717, 1.165) is 0 Å². The van der Waals surface area contributed by atoms with Crippen molar-refractivity contribution >= 4 is 27.4 Å². The molecule has 2 N–H and O–H groups in total. The zero-order valence-corrected chi connectivity index (χ0v) is 8.55. The summed E-state index contributed by atoms with van der Waals surface area (Å²) >= 11 is 3.18. The van der Waals surface area contributed by atoms with Gasteiger partial charge in [-0.25, -0.2) is 0 Å². The Morgan fingerprint density at radius 1 is 1.62 bits per heavy atom. The SMILES string of the molecule is CC(=O)c1cc(N)cc(C#N)c1Br. The molecular formula is C9H7BrN2O. The van der Waals surface area contributed by atoms with Crippen LogP contribution in [0.2, 0.25) is 0 Å². The maximum absolute atomic E-state index is 11.1. The highest BCUT2D eigenvalue weighted by molar-refractivity contribution is 9.10. The lowest BCUT2D eigenvalue weighted by atomic mass is 10.1. The zero-order chi connectivity index (χ0) is 10.0. The van der Waals surface area contributed by atoms with Crippen molar-refractivity contribution in [1.82, 2.24) is 0 Å². The summed E-state index contributed by atoms with van der Waals surface area (Å²) in [4.78, 5) is 11.1. The summed E-state index contributed by atoms with van der Waals surface area (Å²) in [5, 5.41) is 8.70. The summed E-state index contributed by atoms with van der Waals surface area (Å²) in [7, 11) is 0. The molecule has 0 spiro atoms. The molecule has 0 bridgehead atoms. The molecule has 0 aromatic heterocycles. The third kappa shape index (κ3) is 1.87. The van der Waals surface area contributed by atoms with Gasteiger partial charge >= 0.3 is 0 Å². The number of halogens is 1. The average Bonchev–Trinajstić information content (AvgIpc) is 2.08. The Labute approximate surface area is 84.3 Å². The third-order valence-corrected chi connectivity index (χ3v) is 2.45. The number of benzene rings is 1. The van der Waals surface area contributed by atoms with Gasteiger partial charge in [0.2, 0.25) is 0 Å². The van der Waals surface area contributed by atoms with Crippen molar-refractivity contribution in [3.05, 3.63) is 27.7 Å². The van der Waals surface area contributed by atoms with Crippen molar-refractivity contribution in [3.63, 3.8) is 0 Å². The predicted octanol–water partition coefficient (Wildman–Crippen LogP) is 2.11. The van der Waals surface area contributed by atoms with Gasteiger partial charge in [0.25, 0.3) is 0 Å². The first-order valence-corrected chi connectivity index (χ1v) is 4.35. The lowest BCUT2D eigenvalue weighted by molar-refractivity contribution is 0.101. The summed E-state index contributed by atoms with van der Waals surface area (Å²) < 4.78 is 0.511. The van der Waals surface area contributed by atoms with Gasteiger partial charge in [-0.05, 0) is 35.0 Å². The fraction of sp³-hybridized carbons (Fsp3) is 0.111. The van der Waals surface area contributed by atoms with Gasteiger partial charge in [-0.15, -0.1) is 0 Å². The molecule has 3 nitrogen and oxygen atoms in total. The molecule has 0 saturated carbocycles. The number of nitriles is 1. The molecule has 1 aromatic rings. The summed E-state index contributed by atoms with van der Waals surface area (Å²) in [6.45, 7) is 1.43. The summed E-state index contributed by atoms with van der Waals surface area (Å²) in [5.74, 6) is -0.115. The number of hydrogen-bond acceptors (Lipinski definition) is 3. The van der Waals surface area contributed by atoms with Crippen molar-refractivity contribution in [1.29, 1.82) is 5.26 Å². The average molecular weight is 239 g/mol. The van der Waals surface area contributed by atoms with E-state index in [1.54, 1.807) is 6.07 Å². The molecule has 0 heterocycles. The van der Waals surface area contributed by atoms with Gasteiger partial charge in [-0.3, -0.25) is 4.79 Å². The van der Waals surface area contributed by atoms with Gasteiger partial charge in [0.1, 0.15) is 6.07 Å². The van der Waals surface area contributed by atoms with E-state index >= 15 is 0 Å². The Hall–Kier alpha value is -1.34. The molecule has 0 atom stereocenters. The Bertz CT molecular complexity index is 407. The molecule has 0 unspecified atom stereocenters. The number of anilines is 1. The summed E-state index contributed by atoms with van der Waals surface area (Å²) in [5.41, 5.74) is 6.76. The van der Waals surface area contributed by atoms with E-state index in [0.29, 0.717) is 21.3 Å². The van der Waals surface area contributed by atoms with E-state index in [2.05, 4.69) is 15.9 Å². The van der Waals surface area contributed by atoms with Crippen LogP contribution in [0.5, 0.6) is 0 Å². The molecule has 66 valence electrons. The molecule has 1 rings (SSSR count). The van der Waals surface area contributed by atoms with Crippen LogP contribution in [0.15, 0.2) is 16.6 Å². The van der Waals surface area contributed by atoms with Gasteiger partial charge in [-0.2, -0.15) is 5.26 Å². The quantitative estimate of drug-likeness (QED) is 0.602. The lowest BCUT2D eigenvalue weighted by Gasteiger charge is -2.03. The summed E-state index contributed by atoms with van der Waals surface area (Å²) in [6.07, 6.45) is 0. The molecule has 0 fully saturated rings. The van der Waals surface area contributed by atoms with Crippen LogP contribution in [-0.2, 0) is 0 Å². The van der Waals surface area contributed by atoms with Gasteiger partial charge in [0.15, 0.2) is 5.78 Å². The molecule has 0 aliphatic carbocycles. The smallest absolute Gasteiger partial charge is 0.161 e. The highest BCUT2D eigenvalue weighted by Crippen LogP contribution is 2.24. The first-order chi connectivity index (χ1) is 6.06. The molecule has 0 saturated heterocycles. The van der Waals surface area contributed by atoms with Gasteiger partial charge in [-0.1, -0.05) is 0 Å². The van der Waals surface area contributed by atoms with Crippen LogP contribution in [0.25, 0.3) is 0 Å². The Morgan fingerprint density at radius 3 is 2.69 bits per heavy atom. The molecule has 13 heavy (non-hydrogen) atoms. The van der Waals surface area contributed by atoms with Crippen LogP contribution in [0.4, 0.5) is 5.69 Å². The second kappa shape index (κ2) is 3.58. The van der Waals surface area contributed by atoms with Crippen molar-refractivity contribution in [2.45, 2.75) is 6.92 Å². The van der Waals surface area contributed by atoms with E-state index in [4.69, 9.17) is 11.0 Å². The highest BCUT2D eigenvalue weighted by Gasteiger charge is 2.10. The number of nitrogens with zero attached hydrogens (tertiary/aromatic N) is 1. The van der Waals surface area contributed by atoms with Crippen molar-refractivity contribution in [2.24, 2.45) is 0 Å². The minimum Gasteiger partial charge on any atom is -0.399 e. The number of ketones is 1. The molecule has 4 heteroatoms. The number of carbonyl (C=O) groups is 1. The van der Waals surface area contributed by atoms with Crippen molar-refractivity contribution < 1.29 is 4.79 Å². The van der Waals surface area contributed by atoms with E-state index in [1.807, 2.05) is 6.07 Å². The Kier molecular flexibility index (Phi) is 2.69. The molecule has 0 aliphatic heterocycles. The van der Waals surface area contributed by atoms with E-state index in [9.17, 15) is 4.79 Å². The molecule has 0 amide bonds. The number of hydrogen-bond donors (Lipinski definition) is 1. The zero-order valence-electron chi connectivity index (χ0n) is 6.97. The number of nitrogen functional groups attached to an aromatic ring is 1. The Balaban J connectivity index is 3.47. The van der Waals surface area contributed by atoms with E-state index < -0.39 is 0 Å². The highest BCUT2D eigenvalue weighted by atomic mass is 79.9. The van der Waals surface area contributed by atoms with Gasteiger partial charge in [0, 0.05) is 15.7 Å². The van der Waals surface area contributed by atoms with Crippen LogP contribution in [-0.4, -0.2) is 5.78 Å². The fourth-order valence-corrected chi connectivity index (χ4v) is 1.58. The monoisotopic (exact) mass is 238 g/mol. The second-order valence-electron chi connectivity index (χ2n) is 2.60. The normalized spacial score (nSPS) is 9.31. The number of Topliss-reactive ketones (excluding diaryl/α,β-unsaturated/α-hetero) is 1.